The molecule has 1 aromatic carbocycles. The maximum atomic E-state index is 8.62. The van der Waals surface area contributed by atoms with Crippen LogP contribution in [0.15, 0.2) is 29.4 Å². The Morgan fingerprint density at radius 3 is 2.63 bits per heavy atom. The molecule has 0 spiro atoms. The van der Waals surface area contributed by atoms with Crippen molar-refractivity contribution in [3.8, 4) is 5.75 Å². The van der Waals surface area contributed by atoms with Crippen LogP contribution in [-0.4, -0.2) is 24.2 Å². The van der Waals surface area contributed by atoms with Gasteiger partial charge in [0.25, 0.3) is 0 Å². The number of nitrogens with two attached hydrogens (primary N) is 1. The lowest BCUT2D eigenvalue weighted by Gasteiger charge is -2.16. The van der Waals surface area contributed by atoms with Gasteiger partial charge < -0.3 is 21.0 Å². The van der Waals surface area contributed by atoms with Gasteiger partial charge in [-0.25, -0.2) is 0 Å². The fourth-order valence-corrected chi connectivity index (χ4v) is 2.14. The van der Waals surface area contributed by atoms with Crippen molar-refractivity contribution in [2.24, 2.45) is 16.3 Å². The average molecular weight is 263 g/mol. The zero-order valence-corrected chi connectivity index (χ0v) is 11.2. The summed E-state index contributed by atoms with van der Waals surface area (Å²) in [6.45, 7) is 3.49. The van der Waals surface area contributed by atoms with Crippen LogP contribution in [0.5, 0.6) is 5.75 Å². The average Bonchev–Trinajstić information content (AvgIpc) is 3.18. The van der Waals surface area contributed by atoms with Gasteiger partial charge in [-0.3, -0.25) is 0 Å². The number of amidine groups is 1. The van der Waals surface area contributed by atoms with Gasteiger partial charge in [0.1, 0.15) is 11.6 Å². The molecule has 0 unspecified atom stereocenters. The van der Waals surface area contributed by atoms with Crippen molar-refractivity contribution in [2.45, 2.75) is 26.2 Å². The van der Waals surface area contributed by atoms with E-state index in [9.17, 15) is 0 Å². The van der Waals surface area contributed by atoms with Gasteiger partial charge in [-0.1, -0.05) is 5.16 Å². The van der Waals surface area contributed by atoms with Crippen LogP contribution >= 0.6 is 0 Å². The number of rotatable bonds is 7. The van der Waals surface area contributed by atoms with Gasteiger partial charge in [-0.05, 0) is 49.4 Å². The lowest BCUT2D eigenvalue weighted by molar-refractivity contribution is 0.315. The van der Waals surface area contributed by atoms with Crippen molar-refractivity contribution < 1.29 is 9.94 Å². The van der Waals surface area contributed by atoms with Crippen LogP contribution in [0.25, 0.3) is 0 Å². The second kappa shape index (κ2) is 5.82. The molecular formula is C14H21N3O2. The van der Waals surface area contributed by atoms with E-state index >= 15 is 0 Å². The van der Waals surface area contributed by atoms with Gasteiger partial charge in [0.15, 0.2) is 0 Å². The molecule has 0 radical (unpaired) electrons. The van der Waals surface area contributed by atoms with Crippen LogP contribution in [0.2, 0.25) is 0 Å². The highest BCUT2D eigenvalue weighted by atomic mass is 16.5. The maximum absolute atomic E-state index is 8.62. The highest BCUT2D eigenvalue weighted by Gasteiger charge is 2.43. The van der Waals surface area contributed by atoms with Crippen LogP contribution in [0, 0.1) is 5.41 Å². The minimum absolute atomic E-state index is 0.162. The Bertz CT molecular complexity index is 439. The minimum atomic E-state index is 0.162. The summed E-state index contributed by atoms with van der Waals surface area (Å²) in [6, 6.07) is 7.92. The number of ether oxygens (including phenoxy) is 1. The molecule has 0 amide bonds. The van der Waals surface area contributed by atoms with Crippen molar-refractivity contribution in [1.29, 1.82) is 0 Å². The van der Waals surface area contributed by atoms with Crippen LogP contribution in [0.4, 0.5) is 5.69 Å². The first-order chi connectivity index (χ1) is 9.17. The summed E-state index contributed by atoms with van der Waals surface area (Å²) < 4.78 is 5.40. The molecule has 2 rings (SSSR count). The lowest BCUT2D eigenvalue weighted by Crippen LogP contribution is -2.23. The molecule has 0 aromatic heterocycles. The summed E-state index contributed by atoms with van der Waals surface area (Å²) >= 11 is 0. The molecule has 1 aromatic rings. The summed E-state index contributed by atoms with van der Waals surface area (Å²) in [6.07, 6.45) is 2.88. The molecule has 1 aliphatic carbocycles. The molecule has 0 atom stereocenters. The van der Waals surface area contributed by atoms with Crippen LogP contribution < -0.4 is 15.8 Å². The van der Waals surface area contributed by atoms with E-state index in [0.29, 0.717) is 18.9 Å². The number of nitrogens with one attached hydrogen (secondary N) is 1. The van der Waals surface area contributed by atoms with Crippen LogP contribution in [0.1, 0.15) is 26.2 Å². The van der Waals surface area contributed by atoms with Crippen molar-refractivity contribution >= 4 is 11.5 Å². The van der Waals surface area contributed by atoms with E-state index in [0.717, 1.165) is 30.8 Å². The first kappa shape index (κ1) is 13.5. The third kappa shape index (κ3) is 3.77. The smallest absolute Gasteiger partial charge is 0.139 e. The first-order valence-electron chi connectivity index (χ1n) is 6.60. The predicted molar refractivity (Wildman–Crippen MR) is 75.8 cm³/mol. The zero-order chi connectivity index (χ0) is 13.7. The van der Waals surface area contributed by atoms with E-state index in [2.05, 4.69) is 10.5 Å². The third-order valence-electron chi connectivity index (χ3n) is 3.47. The molecule has 19 heavy (non-hydrogen) atoms. The van der Waals surface area contributed by atoms with Crippen molar-refractivity contribution in [3.63, 3.8) is 0 Å². The van der Waals surface area contributed by atoms with E-state index in [4.69, 9.17) is 15.7 Å². The van der Waals surface area contributed by atoms with E-state index in [-0.39, 0.29) is 5.41 Å². The lowest BCUT2D eigenvalue weighted by atomic mass is 10.0. The summed E-state index contributed by atoms with van der Waals surface area (Å²) in [4.78, 5) is 0. The first-order valence-corrected chi connectivity index (χ1v) is 6.60. The number of nitrogens with zero attached hydrogens (tertiary/aromatic N) is 1. The second-order valence-electron chi connectivity index (χ2n) is 5.08. The maximum Gasteiger partial charge on any atom is 0.139 e. The van der Waals surface area contributed by atoms with Gasteiger partial charge in [0.05, 0.1) is 6.61 Å². The number of hydrogen-bond acceptors (Lipinski definition) is 4. The molecule has 0 bridgehead atoms. The second-order valence-corrected chi connectivity index (χ2v) is 5.08. The summed E-state index contributed by atoms with van der Waals surface area (Å²) in [7, 11) is 0. The van der Waals surface area contributed by atoms with Gasteiger partial charge >= 0.3 is 0 Å². The Hall–Kier alpha value is -1.91. The Morgan fingerprint density at radius 1 is 1.42 bits per heavy atom. The SMILES string of the molecule is CCOc1ccc(NCC2(CC(N)=NO)CC2)cc1. The molecule has 4 N–H and O–H groups in total. The minimum Gasteiger partial charge on any atom is -0.494 e. The molecule has 5 nitrogen and oxygen atoms in total. The third-order valence-corrected chi connectivity index (χ3v) is 3.47. The highest BCUT2D eigenvalue weighted by molar-refractivity contribution is 5.80. The van der Waals surface area contributed by atoms with E-state index in [1.165, 1.54) is 0 Å². The molecule has 0 saturated heterocycles. The molecule has 1 saturated carbocycles. The molecule has 5 heteroatoms. The monoisotopic (exact) mass is 263 g/mol. The highest BCUT2D eigenvalue weighted by Crippen LogP contribution is 2.48. The molecule has 0 heterocycles. The van der Waals surface area contributed by atoms with Crippen LogP contribution in [-0.2, 0) is 0 Å². The Balaban J connectivity index is 1.85. The topological polar surface area (TPSA) is 79.9 Å². The molecule has 104 valence electrons. The molecular weight excluding hydrogens is 242 g/mol. The summed E-state index contributed by atoms with van der Waals surface area (Å²) in [5, 5.41) is 15.1. The fraction of sp³-hybridized carbons (Fsp3) is 0.500. The summed E-state index contributed by atoms with van der Waals surface area (Å²) in [5.41, 5.74) is 6.80. The molecule has 1 aliphatic rings. The summed E-state index contributed by atoms with van der Waals surface area (Å²) in [5.74, 6) is 1.19. The fourth-order valence-electron chi connectivity index (χ4n) is 2.14. The van der Waals surface area contributed by atoms with Gasteiger partial charge in [0.2, 0.25) is 0 Å². The van der Waals surface area contributed by atoms with Gasteiger partial charge in [0, 0.05) is 18.7 Å². The standard InChI is InChI=1S/C14H21N3O2/c1-2-19-12-5-3-11(4-6-12)16-10-14(7-8-14)9-13(15)17-18/h3-6,16,18H,2,7-10H2,1H3,(H2,15,17). The van der Waals surface area contributed by atoms with Crippen molar-refractivity contribution in [3.05, 3.63) is 24.3 Å². The Labute approximate surface area is 113 Å². The van der Waals surface area contributed by atoms with Crippen molar-refractivity contribution in [1.82, 2.24) is 0 Å². The number of benzene rings is 1. The number of anilines is 1. The van der Waals surface area contributed by atoms with E-state index in [1.54, 1.807) is 0 Å². The number of oxime groups is 1. The van der Waals surface area contributed by atoms with E-state index < -0.39 is 0 Å². The van der Waals surface area contributed by atoms with Crippen LogP contribution in [0.3, 0.4) is 0 Å². The van der Waals surface area contributed by atoms with Crippen molar-refractivity contribution in [2.75, 3.05) is 18.5 Å². The number of hydrogen-bond donors (Lipinski definition) is 3. The molecule has 1 fully saturated rings. The molecule has 0 aliphatic heterocycles. The van der Waals surface area contributed by atoms with Gasteiger partial charge in [-0.15, -0.1) is 0 Å². The van der Waals surface area contributed by atoms with E-state index in [1.807, 2.05) is 31.2 Å². The largest absolute Gasteiger partial charge is 0.494 e. The van der Waals surface area contributed by atoms with Gasteiger partial charge in [-0.2, -0.15) is 0 Å². The Kier molecular flexibility index (Phi) is 4.14. The zero-order valence-electron chi connectivity index (χ0n) is 11.2. The quantitative estimate of drug-likeness (QED) is 0.305. The predicted octanol–water partition coefficient (Wildman–Crippen LogP) is 2.41. The normalized spacial score (nSPS) is 17.0. The Morgan fingerprint density at radius 2 is 2.11 bits per heavy atom.